The van der Waals surface area contributed by atoms with Gasteiger partial charge in [0.05, 0.1) is 42.1 Å². The van der Waals surface area contributed by atoms with Crippen molar-refractivity contribution in [2.45, 2.75) is 6.54 Å². The standard InChI is InChI=1S/C24H17ClN4O3/c1-32-23-9-2-15(13-27-23)14-29-22-11-19(25)7-8-20(22)21(28-29)10-18(12-26)16-3-5-17(6-4-16)24(30)31/h2-11,13H,14H2,1H3,(H,30,31). The highest BCUT2D eigenvalue weighted by molar-refractivity contribution is 6.31. The second kappa shape index (κ2) is 8.92. The van der Waals surface area contributed by atoms with Gasteiger partial charge in [0, 0.05) is 22.7 Å². The van der Waals surface area contributed by atoms with E-state index in [2.05, 4.69) is 11.1 Å². The molecule has 0 radical (unpaired) electrons. The summed E-state index contributed by atoms with van der Waals surface area (Å²) in [5.41, 5.74) is 3.48. The largest absolute Gasteiger partial charge is 0.481 e. The van der Waals surface area contributed by atoms with Gasteiger partial charge in [0.2, 0.25) is 5.88 Å². The highest BCUT2D eigenvalue weighted by atomic mass is 35.5. The Morgan fingerprint density at radius 1 is 1.19 bits per heavy atom. The second-order valence-corrected chi connectivity index (χ2v) is 7.40. The summed E-state index contributed by atoms with van der Waals surface area (Å²) in [6.07, 6.45) is 3.41. The molecule has 7 nitrogen and oxygen atoms in total. The molecule has 158 valence electrons. The third-order valence-corrected chi connectivity index (χ3v) is 5.16. The number of allylic oxidation sites excluding steroid dienone is 1. The molecule has 0 saturated heterocycles. The van der Waals surface area contributed by atoms with E-state index in [9.17, 15) is 10.1 Å². The molecule has 0 bridgehead atoms. The van der Waals surface area contributed by atoms with E-state index in [1.165, 1.54) is 12.1 Å². The minimum atomic E-state index is -1.02. The number of halogens is 1. The van der Waals surface area contributed by atoms with Gasteiger partial charge in [-0.2, -0.15) is 10.4 Å². The monoisotopic (exact) mass is 444 g/mol. The van der Waals surface area contributed by atoms with E-state index >= 15 is 0 Å². The number of benzene rings is 2. The maximum Gasteiger partial charge on any atom is 0.335 e. The van der Waals surface area contributed by atoms with Crippen LogP contribution in [0.15, 0.2) is 60.8 Å². The van der Waals surface area contributed by atoms with Gasteiger partial charge in [-0.15, -0.1) is 0 Å². The molecule has 2 aromatic heterocycles. The van der Waals surface area contributed by atoms with Crippen LogP contribution in [-0.2, 0) is 6.54 Å². The predicted octanol–water partition coefficient (Wildman–Crippen LogP) is 4.90. The van der Waals surface area contributed by atoms with Crippen molar-refractivity contribution in [2.24, 2.45) is 0 Å². The van der Waals surface area contributed by atoms with E-state index in [-0.39, 0.29) is 5.56 Å². The first-order valence-electron chi connectivity index (χ1n) is 9.59. The van der Waals surface area contributed by atoms with Crippen LogP contribution in [0, 0.1) is 11.3 Å². The molecular weight excluding hydrogens is 428 g/mol. The molecule has 0 fully saturated rings. The molecule has 2 aromatic carbocycles. The minimum Gasteiger partial charge on any atom is -0.481 e. The van der Waals surface area contributed by atoms with Crippen molar-refractivity contribution in [3.8, 4) is 11.9 Å². The third-order valence-electron chi connectivity index (χ3n) is 4.93. The van der Waals surface area contributed by atoms with Crippen LogP contribution < -0.4 is 4.74 Å². The van der Waals surface area contributed by atoms with Gasteiger partial charge in [0.1, 0.15) is 0 Å². The van der Waals surface area contributed by atoms with E-state index in [0.717, 1.165) is 16.5 Å². The zero-order chi connectivity index (χ0) is 22.7. The highest BCUT2D eigenvalue weighted by Gasteiger charge is 2.13. The lowest BCUT2D eigenvalue weighted by Crippen LogP contribution is -2.02. The molecule has 32 heavy (non-hydrogen) atoms. The molecule has 0 aliphatic rings. The number of nitrogens with zero attached hydrogens (tertiary/aromatic N) is 4. The van der Waals surface area contributed by atoms with Crippen LogP contribution in [0.25, 0.3) is 22.6 Å². The van der Waals surface area contributed by atoms with Gasteiger partial charge in [-0.1, -0.05) is 29.8 Å². The number of hydrogen-bond donors (Lipinski definition) is 1. The minimum absolute atomic E-state index is 0.156. The molecule has 1 N–H and O–H groups in total. The Bertz CT molecular complexity index is 1370. The van der Waals surface area contributed by atoms with Gasteiger partial charge < -0.3 is 9.84 Å². The first-order chi connectivity index (χ1) is 15.5. The fraction of sp³-hybridized carbons (Fsp3) is 0.0833. The van der Waals surface area contributed by atoms with Crippen molar-refractivity contribution >= 4 is 40.1 Å². The predicted molar refractivity (Wildman–Crippen MR) is 122 cm³/mol. The summed E-state index contributed by atoms with van der Waals surface area (Å²) in [5.74, 6) is -0.494. The summed E-state index contributed by atoms with van der Waals surface area (Å²) >= 11 is 6.23. The van der Waals surface area contributed by atoms with Crippen LogP contribution in [0.2, 0.25) is 5.02 Å². The van der Waals surface area contributed by atoms with Crippen LogP contribution in [0.1, 0.15) is 27.2 Å². The number of pyridine rings is 1. The summed E-state index contributed by atoms with van der Waals surface area (Å²) in [7, 11) is 1.56. The topological polar surface area (TPSA) is 101 Å². The third kappa shape index (κ3) is 4.31. The van der Waals surface area contributed by atoms with E-state index < -0.39 is 5.97 Å². The number of aromatic carboxylic acids is 1. The van der Waals surface area contributed by atoms with Crippen molar-refractivity contribution in [3.05, 3.63) is 88.2 Å². The fourth-order valence-electron chi connectivity index (χ4n) is 3.31. The number of rotatable bonds is 6. The number of carboxylic acids is 1. The summed E-state index contributed by atoms with van der Waals surface area (Å²) in [6, 6.07) is 17.5. The molecule has 2 heterocycles. The smallest absolute Gasteiger partial charge is 0.335 e. The second-order valence-electron chi connectivity index (χ2n) is 6.97. The van der Waals surface area contributed by atoms with Gasteiger partial charge in [0.25, 0.3) is 0 Å². The molecule has 0 unspecified atom stereocenters. The van der Waals surface area contributed by atoms with Crippen LogP contribution in [0.4, 0.5) is 0 Å². The van der Waals surface area contributed by atoms with Crippen LogP contribution in [0.5, 0.6) is 5.88 Å². The lowest BCUT2D eigenvalue weighted by atomic mass is 10.0. The Kier molecular flexibility index (Phi) is 5.88. The van der Waals surface area contributed by atoms with E-state index in [1.807, 2.05) is 18.2 Å². The number of aromatic nitrogens is 3. The van der Waals surface area contributed by atoms with Crippen LogP contribution in [0.3, 0.4) is 0 Å². The normalized spacial score (nSPS) is 11.3. The Morgan fingerprint density at radius 3 is 2.56 bits per heavy atom. The first kappa shape index (κ1) is 21.1. The Balaban J connectivity index is 1.76. The number of fused-ring (bicyclic) bond motifs is 1. The first-order valence-corrected chi connectivity index (χ1v) is 9.97. The SMILES string of the molecule is COc1ccc(Cn2nc(C=C(C#N)c3ccc(C(=O)O)cc3)c3ccc(Cl)cc32)cn1. The van der Waals surface area contributed by atoms with Gasteiger partial charge in [0.15, 0.2) is 0 Å². The van der Waals surface area contributed by atoms with E-state index in [1.54, 1.807) is 48.3 Å². The quantitative estimate of drug-likeness (QED) is 0.424. The van der Waals surface area contributed by atoms with Gasteiger partial charge >= 0.3 is 5.97 Å². The maximum atomic E-state index is 11.1. The van der Waals surface area contributed by atoms with Crippen molar-refractivity contribution < 1.29 is 14.6 Å². The number of nitriles is 1. The highest BCUT2D eigenvalue weighted by Crippen LogP contribution is 2.27. The van der Waals surface area contributed by atoms with Gasteiger partial charge in [-0.05, 0) is 47.5 Å². The van der Waals surface area contributed by atoms with Crippen molar-refractivity contribution in [1.29, 1.82) is 5.26 Å². The van der Waals surface area contributed by atoms with E-state index in [0.29, 0.717) is 34.3 Å². The maximum absolute atomic E-state index is 11.1. The number of carbonyl (C=O) groups is 1. The Hall–Kier alpha value is -4.15. The van der Waals surface area contributed by atoms with Crippen LogP contribution in [-0.4, -0.2) is 33.0 Å². The van der Waals surface area contributed by atoms with Crippen LogP contribution >= 0.6 is 11.6 Å². The molecule has 8 heteroatoms. The van der Waals surface area contributed by atoms with E-state index in [4.69, 9.17) is 26.5 Å². The lowest BCUT2D eigenvalue weighted by molar-refractivity contribution is 0.0697. The molecule has 4 rings (SSSR count). The Labute approximate surface area is 188 Å². The van der Waals surface area contributed by atoms with Gasteiger partial charge in [-0.3, -0.25) is 4.68 Å². The lowest BCUT2D eigenvalue weighted by Gasteiger charge is -2.05. The number of methoxy groups -OCH3 is 1. The van der Waals surface area contributed by atoms with Crippen molar-refractivity contribution in [3.63, 3.8) is 0 Å². The molecule has 0 spiro atoms. The zero-order valence-electron chi connectivity index (χ0n) is 17.0. The average Bonchev–Trinajstić information content (AvgIpc) is 3.14. The summed E-state index contributed by atoms with van der Waals surface area (Å²) in [6.45, 7) is 0.455. The molecule has 0 aliphatic heterocycles. The van der Waals surface area contributed by atoms with Crippen molar-refractivity contribution in [1.82, 2.24) is 14.8 Å². The molecule has 0 atom stereocenters. The molecule has 4 aromatic rings. The number of hydrogen-bond acceptors (Lipinski definition) is 5. The zero-order valence-corrected chi connectivity index (χ0v) is 17.7. The Morgan fingerprint density at radius 2 is 1.94 bits per heavy atom. The number of carboxylic acid groups (broad SMARTS) is 1. The average molecular weight is 445 g/mol. The molecular formula is C24H17ClN4O3. The molecule has 0 amide bonds. The van der Waals surface area contributed by atoms with Gasteiger partial charge in [-0.25, -0.2) is 9.78 Å². The summed E-state index contributed by atoms with van der Waals surface area (Å²) in [5, 5.41) is 24.9. The van der Waals surface area contributed by atoms with Crippen molar-refractivity contribution in [2.75, 3.05) is 7.11 Å². The molecule has 0 saturated carbocycles. The summed E-state index contributed by atoms with van der Waals surface area (Å²) < 4.78 is 6.91. The number of ether oxygens (including phenoxy) is 1. The summed E-state index contributed by atoms with van der Waals surface area (Å²) in [4.78, 5) is 15.3. The molecule has 0 aliphatic carbocycles. The fourth-order valence-corrected chi connectivity index (χ4v) is 3.47.